The number of carboxylic acid groups (broad SMARTS) is 1. The van der Waals surface area contributed by atoms with Gasteiger partial charge in [-0.3, -0.25) is 4.79 Å². The zero-order valence-corrected chi connectivity index (χ0v) is 14.3. The van der Waals surface area contributed by atoms with Gasteiger partial charge in [-0.25, -0.2) is 4.79 Å². The van der Waals surface area contributed by atoms with Crippen molar-refractivity contribution in [1.29, 1.82) is 0 Å². The fraction of sp³-hybridized carbons (Fsp3) is 0.200. The minimum absolute atomic E-state index is 0.241. The smallest absolute Gasteiger partial charge is 0.377 e. The quantitative estimate of drug-likeness (QED) is 0.541. The summed E-state index contributed by atoms with van der Waals surface area (Å²) in [5, 5.41) is 10.5. The van der Waals surface area contributed by atoms with Gasteiger partial charge in [-0.2, -0.15) is 0 Å². The molecule has 126 valence electrons. The zero-order valence-electron chi connectivity index (χ0n) is 13.6. The molecule has 1 heterocycles. The van der Waals surface area contributed by atoms with Crippen LogP contribution in [0.3, 0.4) is 0 Å². The second-order valence-electron chi connectivity index (χ2n) is 6.61. The van der Waals surface area contributed by atoms with Crippen LogP contribution in [0.2, 0.25) is 5.02 Å². The summed E-state index contributed by atoms with van der Waals surface area (Å²) in [6.45, 7) is 2.15. The molecule has 4 rings (SSSR count). The van der Waals surface area contributed by atoms with Gasteiger partial charge in [0.2, 0.25) is 0 Å². The number of carbonyl (C=O) groups is 2. The number of hydrogen-bond acceptors (Lipinski definition) is 2. The largest absolute Gasteiger partial charge is 0.475 e. The number of hydrogen-bond donors (Lipinski definition) is 1. The number of fused-ring (bicyclic) bond motifs is 1. The third-order valence-corrected chi connectivity index (χ3v) is 5.09. The summed E-state index contributed by atoms with van der Waals surface area (Å²) >= 11 is 6.07. The van der Waals surface area contributed by atoms with Crippen LogP contribution in [-0.2, 0) is 4.79 Å². The molecular formula is C20H16ClNO3. The van der Waals surface area contributed by atoms with Gasteiger partial charge < -0.3 is 9.67 Å². The molecule has 1 aromatic heterocycles. The summed E-state index contributed by atoms with van der Waals surface area (Å²) in [6, 6.07) is 13.6. The van der Waals surface area contributed by atoms with E-state index < -0.39 is 11.8 Å². The predicted octanol–water partition coefficient (Wildman–Crippen LogP) is 4.81. The van der Waals surface area contributed by atoms with Crippen LogP contribution in [0.4, 0.5) is 0 Å². The molecule has 2 aromatic carbocycles. The highest BCUT2D eigenvalue weighted by Crippen LogP contribution is 2.45. The highest BCUT2D eigenvalue weighted by Gasteiger charge is 2.36. The summed E-state index contributed by atoms with van der Waals surface area (Å²) in [4.78, 5) is 23.4. The molecule has 4 nitrogen and oxygen atoms in total. The summed E-state index contributed by atoms with van der Waals surface area (Å²) in [6.07, 6.45) is 2.73. The summed E-state index contributed by atoms with van der Waals surface area (Å²) in [5.74, 6) is -1.77. The Morgan fingerprint density at radius 1 is 1.16 bits per heavy atom. The van der Waals surface area contributed by atoms with E-state index in [0.29, 0.717) is 22.4 Å². The number of ketones is 1. The van der Waals surface area contributed by atoms with E-state index in [1.807, 2.05) is 41.0 Å². The molecule has 1 aliphatic rings. The molecule has 1 fully saturated rings. The molecule has 0 bridgehead atoms. The number of nitrogens with zero attached hydrogens (tertiary/aromatic N) is 1. The van der Waals surface area contributed by atoms with Gasteiger partial charge in [0.05, 0.1) is 5.56 Å². The Morgan fingerprint density at radius 2 is 1.88 bits per heavy atom. The fourth-order valence-electron chi connectivity index (χ4n) is 3.36. The maximum atomic E-state index is 12.2. The molecule has 1 saturated carbocycles. The SMILES string of the molecule is CC1CC1n1cc(C(=O)C(=O)O)c2cc(-c3cccc(Cl)c3)ccc21. The van der Waals surface area contributed by atoms with E-state index in [0.717, 1.165) is 23.1 Å². The van der Waals surface area contributed by atoms with Gasteiger partial charge in [0.1, 0.15) is 0 Å². The number of aliphatic carboxylic acids is 1. The van der Waals surface area contributed by atoms with Crippen molar-refractivity contribution in [1.82, 2.24) is 4.57 Å². The van der Waals surface area contributed by atoms with E-state index in [9.17, 15) is 9.59 Å². The molecule has 5 heteroatoms. The van der Waals surface area contributed by atoms with Crippen molar-refractivity contribution in [3.05, 3.63) is 59.2 Å². The van der Waals surface area contributed by atoms with E-state index in [1.54, 1.807) is 12.3 Å². The van der Waals surface area contributed by atoms with Gasteiger partial charge >= 0.3 is 5.97 Å². The minimum Gasteiger partial charge on any atom is -0.475 e. The van der Waals surface area contributed by atoms with Crippen molar-refractivity contribution >= 4 is 34.3 Å². The molecule has 0 spiro atoms. The lowest BCUT2D eigenvalue weighted by Crippen LogP contribution is -2.12. The average molecular weight is 354 g/mol. The Kier molecular flexibility index (Phi) is 3.65. The van der Waals surface area contributed by atoms with Crippen LogP contribution in [0.25, 0.3) is 22.0 Å². The minimum atomic E-state index is -1.43. The van der Waals surface area contributed by atoms with Gasteiger partial charge in [-0.15, -0.1) is 0 Å². The molecule has 2 atom stereocenters. The van der Waals surface area contributed by atoms with E-state index in [4.69, 9.17) is 16.7 Å². The number of carboxylic acids is 1. The second kappa shape index (κ2) is 5.74. The normalized spacial score (nSPS) is 19.1. The fourth-order valence-corrected chi connectivity index (χ4v) is 3.55. The second-order valence-corrected chi connectivity index (χ2v) is 7.04. The maximum absolute atomic E-state index is 12.2. The van der Waals surface area contributed by atoms with E-state index in [2.05, 4.69) is 6.92 Å². The molecular weight excluding hydrogens is 338 g/mol. The molecule has 1 aliphatic carbocycles. The van der Waals surface area contributed by atoms with Crippen LogP contribution in [0.15, 0.2) is 48.7 Å². The molecule has 3 aromatic rings. The van der Waals surface area contributed by atoms with Crippen molar-refractivity contribution in [2.75, 3.05) is 0 Å². The van der Waals surface area contributed by atoms with Gasteiger partial charge in [-0.05, 0) is 47.7 Å². The summed E-state index contributed by atoms with van der Waals surface area (Å²) < 4.78 is 2.04. The molecule has 0 aliphatic heterocycles. The third-order valence-electron chi connectivity index (χ3n) is 4.85. The first-order valence-electron chi connectivity index (χ1n) is 8.14. The Hall–Kier alpha value is -2.59. The van der Waals surface area contributed by atoms with Crippen LogP contribution in [-0.4, -0.2) is 21.4 Å². The van der Waals surface area contributed by atoms with E-state index >= 15 is 0 Å². The predicted molar refractivity (Wildman–Crippen MR) is 97.2 cm³/mol. The molecule has 0 amide bonds. The highest BCUT2D eigenvalue weighted by atomic mass is 35.5. The van der Waals surface area contributed by atoms with Crippen LogP contribution in [0.5, 0.6) is 0 Å². The zero-order chi connectivity index (χ0) is 17.7. The molecule has 1 N–H and O–H groups in total. The Morgan fingerprint density at radius 3 is 2.52 bits per heavy atom. The first-order chi connectivity index (χ1) is 12.0. The van der Waals surface area contributed by atoms with Gasteiger partial charge in [0, 0.05) is 28.2 Å². The van der Waals surface area contributed by atoms with Crippen molar-refractivity contribution in [2.24, 2.45) is 5.92 Å². The van der Waals surface area contributed by atoms with E-state index in [-0.39, 0.29) is 5.56 Å². The van der Waals surface area contributed by atoms with Gasteiger partial charge in [-0.1, -0.05) is 36.7 Å². The first-order valence-corrected chi connectivity index (χ1v) is 8.51. The number of rotatable bonds is 4. The monoisotopic (exact) mass is 353 g/mol. The topological polar surface area (TPSA) is 59.3 Å². The van der Waals surface area contributed by atoms with Crippen molar-refractivity contribution < 1.29 is 14.7 Å². The Labute approximate surface area is 149 Å². The lowest BCUT2D eigenvalue weighted by atomic mass is 10.0. The van der Waals surface area contributed by atoms with Gasteiger partial charge in [0.25, 0.3) is 5.78 Å². The lowest BCUT2D eigenvalue weighted by molar-refractivity contribution is -0.131. The number of carbonyl (C=O) groups excluding carboxylic acids is 1. The highest BCUT2D eigenvalue weighted by molar-refractivity contribution is 6.42. The maximum Gasteiger partial charge on any atom is 0.377 e. The Bertz CT molecular complexity index is 1020. The van der Waals surface area contributed by atoms with Crippen molar-refractivity contribution in [2.45, 2.75) is 19.4 Å². The van der Waals surface area contributed by atoms with Crippen LogP contribution >= 0.6 is 11.6 Å². The number of benzene rings is 2. The van der Waals surface area contributed by atoms with E-state index in [1.165, 1.54) is 0 Å². The summed E-state index contributed by atoms with van der Waals surface area (Å²) in [7, 11) is 0. The van der Waals surface area contributed by atoms with Crippen molar-refractivity contribution in [3.8, 4) is 11.1 Å². The standard InChI is InChI=1S/C20H16ClNO3/c1-11-7-18(11)22-10-16(19(23)20(24)25)15-9-13(5-6-17(15)22)12-3-2-4-14(21)8-12/h2-6,8-11,18H,7H2,1H3,(H,24,25). The average Bonchev–Trinajstić information content (AvgIpc) is 3.19. The number of Topliss-reactive ketones (excluding diaryl/α,β-unsaturated/α-hetero) is 1. The number of aromatic nitrogens is 1. The van der Waals surface area contributed by atoms with Gasteiger partial charge in [0.15, 0.2) is 0 Å². The first kappa shape index (κ1) is 15.9. The van der Waals surface area contributed by atoms with Crippen LogP contribution < -0.4 is 0 Å². The summed E-state index contributed by atoms with van der Waals surface area (Å²) in [5.41, 5.74) is 2.96. The Balaban J connectivity index is 1.92. The van der Waals surface area contributed by atoms with Crippen molar-refractivity contribution in [3.63, 3.8) is 0 Å². The molecule has 0 saturated heterocycles. The molecule has 2 unspecified atom stereocenters. The lowest BCUT2D eigenvalue weighted by Gasteiger charge is -2.06. The van der Waals surface area contributed by atoms with Crippen LogP contribution in [0.1, 0.15) is 29.7 Å². The third kappa shape index (κ3) is 2.72. The molecule has 0 radical (unpaired) electrons. The number of halogens is 1. The van der Waals surface area contributed by atoms with Crippen LogP contribution in [0, 0.1) is 5.92 Å². The molecule has 25 heavy (non-hydrogen) atoms.